The molecule has 0 spiro atoms. The Hall–Kier alpha value is -3.78. The van der Waals surface area contributed by atoms with Gasteiger partial charge in [-0.1, -0.05) is 18.2 Å². The Bertz CT molecular complexity index is 1200. The maximum Gasteiger partial charge on any atom is 0.363 e. The minimum atomic E-state index is -0.552. The van der Waals surface area contributed by atoms with Gasteiger partial charge in [-0.2, -0.15) is 0 Å². The number of ether oxygens (including phenoxy) is 2. The van der Waals surface area contributed by atoms with Crippen LogP contribution in [0.25, 0.3) is 6.08 Å². The van der Waals surface area contributed by atoms with Crippen LogP contribution in [-0.4, -0.2) is 28.9 Å². The summed E-state index contributed by atoms with van der Waals surface area (Å²) in [5.41, 5.74) is 2.06. The summed E-state index contributed by atoms with van der Waals surface area (Å²) in [6.45, 7) is 5.38. The molecule has 1 aliphatic heterocycles. The number of carbonyl (C=O) groups is 2. The summed E-state index contributed by atoms with van der Waals surface area (Å²) in [5.74, 6) is 0.245. The van der Waals surface area contributed by atoms with E-state index in [1.54, 1.807) is 35.7 Å². The van der Waals surface area contributed by atoms with Gasteiger partial charge < -0.3 is 9.47 Å². The van der Waals surface area contributed by atoms with Crippen molar-refractivity contribution in [1.82, 2.24) is 4.98 Å². The van der Waals surface area contributed by atoms with Crippen LogP contribution < -0.4 is 9.64 Å². The summed E-state index contributed by atoms with van der Waals surface area (Å²) in [7, 11) is 0. The van der Waals surface area contributed by atoms with Crippen molar-refractivity contribution in [1.29, 1.82) is 0 Å². The lowest BCUT2D eigenvalue weighted by Crippen LogP contribution is -2.22. The highest BCUT2D eigenvalue weighted by Crippen LogP contribution is 2.30. The standard InChI is InChI=1S/C24H21N3O4S/c1-15(2)30-20-11-9-17(10-12-20)22-26-21(23(29)31-22)13-18-14-32-24(25-18)27(16(3)28)19-7-5-4-6-8-19/h4-15H,1-3H3. The average molecular weight is 448 g/mol. The molecule has 4 rings (SSSR count). The van der Waals surface area contributed by atoms with Crippen LogP contribution in [0, 0.1) is 0 Å². The van der Waals surface area contributed by atoms with E-state index in [0.29, 0.717) is 16.4 Å². The largest absolute Gasteiger partial charge is 0.491 e. The molecule has 2 aromatic carbocycles. The molecule has 0 saturated heterocycles. The molecule has 162 valence electrons. The summed E-state index contributed by atoms with van der Waals surface area (Å²) in [6.07, 6.45) is 1.62. The fraction of sp³-hybridized carbons (Fsp3) is 0.167. The van der Waals surface area contributed by atoms with E-state index in [2.05, 4.69) is 9.98 Å². The first-order valence-electron chi connectivity index (χ1n) is 10.0. The van der Waals surface area contributed by atoms with Crippen molar-refractivity contribution in [3.05, 3.63) is 76.9 Å². The van der Waals surface area contributed by atoms with E-state index in [-0.39, 0.29) is 23.6 Å². The summed E-state index contributed by atoms with van der Waals surface area (Å²) >= 11 is 1.30. The predicted octanol–water partition coefficient (Wildman–Crippen LogP) is 4.96. The molecule has 1 aromatic heterocycles. The van der Waals surface area contributed by atoms with Crippen molar-refractivity contribution in [2.75, 3.05) is 4.90 Å². The number of thiazole rings is 1. The number of rotatable bonds is 6. The second-order valence-corrected chi connectivity index (χ2v) is 8.11. The number of esters is 1. The number of nitrogens with zero attached hydrogens (tertiary/aromatic N) is 3. The van der Waals surface area contributed by atoms with Gasteiger partial charge in [-0.15, -0.1) is 11.3 Å². The van der Waals surface area contributed by atoms with Crippen LogP contribution in [-0.2, 0) is 14.3 Å². The van der Waals surface area contributed by atoms with Gasteiger partial charge in [0.25, 0.3) is 0 Å². The van der Waals surface area contributed by atoms with E-state index in [4.69, 9.17) is 9.47 Å². The van der Waals surface area contributed by atoms with Gasteiger partial charge in [0.15, 0.2) is 10.8 Å². The SMILES string of the molecule is CC(=O)N(c1ccccc1)c1nc(C=C2N=C(c3ccc(OC(C)C)cc3)OC2=O)cs1. The quantitative estimate of drug-likeness (QED) is 0.394. The van der Waals surface area contributed by atoms with Gasteiger partial charge >= 0.3 is 5.97 Å². The Morgan fingerprint density at radius 3 is 2.50 bits per heavy atom. The number of anilines is 2. The Kier molecular flexibility index (Phi) is 6.13. The van der Waals surface area contributed by atoms with Gasteiger partial charge in [-0.05, 0) is 56.3 Å². The lowest BCUT2D eigenvalue weighted by Gasteiger charge is -2.17. The van der Waals surface area contributed by atoms with Crippen molar-refractivity contribution >= 4 is 46.0 Å². The molecule has 0 atom stereocenters. The van der Waals surface area contributed by atoms with Gasteiger partial charge in [0.2, 0.25) is 11.8 Å². The molecule has 1 aliphatic rings. The smallest absolute Gasteiger partial charge is 0.363 e. The molecule has 0 bridgehead atoms. The number of hydrogen-bond acceptors (Lipinski definition) is 7. The van der Waals surface area contributed by atoms with E-state index >= 15 is 0 Å². The molecule has 2 heterocycles. The minimum absolute atomic E-state index is 0.0702. The van der Waals surface area contributed by atoms with Crippen molar-refractivity contribution in [3.8, 4) is 5.75 Å². The van der Waals surface area contributed by atoms with Gasteiger partial charge in [0, 0.05) is 17.9 Å². The van der Waals surface area contributed by atoms with Crippen LogP contribution in [0.4, 0.5) is 10.8 Å². The zero-order valence-electron chi connectivity index (χ0n) is 17.8. The molecule has 3 aromatic rings. The van der Waals surface area contributed by atoms with Crippen LogP contribution >= 0.6 is 11.3 Å². The summed E-state index contributed by atoms with van der Waals surface area (Å²) < 4.78 is 11.0. The van der Waals surface area contributed by atoms with Crippen LogP contribution in [0.2, 0.25) is 0 Å². The predicted molar refractivity (Wildman–Crippen MR) is 124 cm³/mol. The Labute approximate surface area is 189 Å². The third-order valence-corrected chi connectivity index (χ3v) is 5.25. The Balaban J connectivity index is 1.56. The van der Waals surface area contributed by atoms with Gasteiger partial charge in [-0.25, -0.2) is 14.8 Å². The number of benzene rings is 2. The van der Waals surface area contributed by atoms with Gasteiger partial charge in [-0.3, -0.25) is 9.69 Å². The first-order chi connectivity index (χ1) is 15.4. The molecule has 32 heavy (non-hydrogen) atoms. The molecule has 8 heteroatoms. The lowest BCUT2D eigenvalue weighted by atomic mass is 10.2. The van der Waals surface area contributed by atoms with E-state index in [0.717, 1.165) is 11.4 Å². The highest BCUT2D eigenvalue weighted by molar-refractivity contribution is 7.14. The van der Waals surface area contributed by atoms with Crippen LogP contribution in [0.1, 0.15) is 32.0 Å². The number of para-hydroxylation sites is 1. The second-order valence-electron chi connectivity index (χ2n) is 7.27. The maximum atomic E-state index is 12.3. The molecular weight excluding hydrogens is 426 g/mol. The van der Waals surface area contributed by atoms with Crippen molar-refractivity contribution in [2.45, 2.75) is 26.9 Å². The van der Waals surface area contributed by atoms with Crippen LogP contribution in [0.15, 0.2) is 70.7 Å². The van der Waals surface area contributed by atoms with Crippen molar-refractivity contribution in [3.63, 3.8) is 0 Å². The first-order valence-corrected chi connectivity index (χ1v) is 10.9. The van der Waals surface area contributed by atoms with Crippen molar-refractivity contribution < 1.29 is 19.1 Å². The Morgan fingerprint density at radius 1 is 1.12 bits per heavy atom. The first kappa shape index (κ1) is 21.5. The zero-order chi connectivity index (χ0) is 22.7. The Morgan fingerprint density at radius 2 is 1.84 bits per heavy atom. The molecule has 0 radical (unpaired) electrons. The molecule has 7 nitrogen and oxygen atoms in total. The highest BCUT2D eigenvalue weighted by atomic mass is 32.1. The van der Waals surface area contributed by atoms with E-state index in [9.17, 15) is 9.59 Å². The third-order valence-electron chi connectivity index (χ3n) is 4.41. The number of cyclic esters (lactones) is 1. The monoisotopic (exact) mass is 447 g/mol. The number of hydrogen-bond donors (Lipinski definition) is 0. The number of aliphatic imine (C=N–C) groups is 1. The topological polar surface area (TPSA) is 81.1 Å². The third kappa shape index (κ3) is 4.76. The van der Waals surface area contributed by atoms with E-state index in [1.807, 2.05) is 44.2 Å². The van der Waals surface area contributed by atoms with Gasteiger partial charge in [0.1, 0.15) is 5.75 Å². The van der Waals surface area contributed by atoms with Gasteiger partial charge in [0.05, 0.1) is 17.5 Å². The van der Waals surface area contributed by atoms with Crippen LogP contribution in [0.5, 0.6) is 5.75 Å². The number of aromatic nitrogens is 1. The molecule has 0 unspecified atom stereocenters. The normalized spacial score (nSPS) is 14.4. The zero-order valence-corrected chi connectivity index (χ0v) is 18.6. The summed E-state index contributed by atoms with van der Waals surface area (Å²) in [6, 6.07) is 16.5. The molecule has 0 saturated carbocycles. The van der Waals surface area contributed by atoms with E-state index < -0.39 is 5.97 Å². The summed E-state index contributed by atoms with van der Waals surface area (Å²) in [4.78, 5) is 34.9. The molecular formula is C24H21N3O4S. The highest BCUT2D eigenvalue weighted by Gasteiger charge is 2.25. The fourth-order valence-corrected chi connectivity index (χ4v) is 3.91. The molecule has 0 N–H and O–H groups in total. The van der Waals surface area contributed by atoms with Crippen LogP contribution in [0.3, 0.4) is 0 Å². The molecule has 0 aliphatic carbocycles. The second kappa shape index (κ2) is 9.15. The molecule has 0 fully saturated rings. The number of amides is 1. The van der Waals surface area contributed by atoms with Crippen molar-refractivity contribution in [2.24, 2.45) is 4.99 Å². The lowest BCUT2D eigenvalue weighted by molar-refractivity contribution is -0.130. The fourth-order valence-electron chi connectivity index (χ4n) is 3.07. The number of carbonyl (C=O) groups excluding carboxylic acids is 2. The molecule has 1 amide bonds. The minimum Gasteiger partial charge on any atom is -0.491 e. The summed E-state index contributed by atoms with van der Waals surface area (Å²) in [5, 5.41) is 2.27. The van der Waals surface area contributed by atoms with E-state index in [1.165, 1.54) is 23.2 Å². The average Bonchev–Trinajstić information content (AvgIpc) is 3.36. The maximum absolute atomic E-state index is 12.3.